The number of nitrogens with one attached hydrogen (secondary N) is 1. The summed E-state index contributed by atoms with van der Waals surface area (Å²) in [7, 11) is 0. The normalized spacial score (nSPS) is 24.9. The predicted molar refractivity (Wildman–Crippen MR) is 85.1 cm³/mol. The van der Waals surface area contributed by atoms with Crippen LogP contribution >= 0.6 is 24.0 Å². The molecule has 1 aromatic rings. The van der Waals surface area contributed by atoms with Crippen LogP contribution in [0, 0.1) is 5.92 Å². The molecule has 0 spiro atoms. The van der Waals surface area contributed by atoms with Crippen LogP contribution in [0.1, 0.15) is 18.4 Å². The minimum atomic E-state index is -2.81. The van der Waals surface area contributed by atoms with Gasteiger partial charge in [-0.05, 0) is 50.0 Å². The van der Waals surface area contributed by atoms with Crippen LogP contribution in [-0.2, 0) is 6.54 Å². The van der Waals surface area contributed by atoms with E-state index < -0.39 is 6.61 Å². The number of ether oxygens (including phenoxy) is 1. The first-order valence-electron chi connectivity index (χ1n) is 7.31. The first-order valence-corrected chi connectivity index (χ1v) is 7.68. The summed E-state index contributed by atoms with van der Waals surface area (Å²) < 4.78 is 29.6. The summed E-state index contributed by atoms with van der Waals surface area (Å²) in [6.07, 6.45) is 2.30. The minimum absolute atomic E-state index is 0. The molecular formula is C15H20Cl2F2N2O. The summed E-state index contributed by atoms with van der Waals surface area (Å²) in [5.74, 6) is 0.887. The van der Waals surface area contributed by atoms with Gasteiger partial charge >= 0.3 is 6.61 Å². The fraction of sp³-hybridized carbons (Fsp3) is 0.600. The Bertz CT molecular complexity index is 504. The average molecular weight is 353 g/mol. The van der Waals surface area contributed by atoms with Gasteiger partial charge in [0.15, 0.2) is 0 Å². The molecule has 2 aliphatic heterocycles. The molecule has 0 radical (unpaired) electrons. The summed E-state index contributed by atoms with van der Waals surface area (Å²) in [5, 5.41) is 4.06. The smallest absolute Gasteiger partial charge is 0.387 e. The fourth-order valence-electron chi connectivity index (χ4n) is 3.39. The van der Waals surface area contributed by atoms with Crippen molar-refractivity contribution in [3.63, 3.8) is 0 Å². The topological polar surface area (TPSA) is 24.5 Å². The van der Waals surface area contributed by atoms with E-state index in [0.717, 1.165) is 31.6 Å². The Morgan fingerprint density at radius 3 is 2.95 bits per heavy atom. The van der Waals surface area contributed by atoms with E-state index in [2.05, 4.69) is 15.0 Å². The minimum Gasteiger partial charge on any atom is -0.434 e. The Morgan fingerprint density at radius 1 is 1.36 bits per heavy atom. The standard InChI is InChI=1S/C15H19ClF2N2O.ClH/c16-12-1-2-14(21-15(17)18)11(7-12)9-20-6-4-13-10(8-20)3-5-19-13;/h1-2,7,10,13,15,19H,3-6,8-9H2;1H. The molecule has 1 aromatic carbocycles. The maximum atomic E-state index is 12.5. The predicted octanol–water partition coefficient (Wildman–Crippen LogP) is 3.55. The molecular weight excluding hydrogens is 333 g/mol. The van der Waals surface area contributed by atoms with E-state index in [1.54, 1.807) is 12.1 Å². The summed E-state index contributed by atoms with van der Waals surface area (Å²) in [6.45, 7) is 0.841. The zero-order chi connectivity index (χ0) is 14.8. The third kappa shape index (κ3) is 4.22. The second-order valence-corrected chi connectivity index (χ2v) is 6.20. The third-order valence-corrected chi connectivity index (χ3v) is 4.61. The molecule has 124 valence electrons. The van der Waals surface area contributed by atoms with E-state index in [9.17, 15) is 8.78 Å². The van der Waals surface area contributed by atoms with Gasteiger partial charge in [-0.3, -0.25) is 4.90 Å². The molecule has 0 saturated carbocycles. The largest absolute Gasteiger partial charge is 0.434 e. The molecule has 2 saturated heterocycles. The molecule has 3 rings (SSSR count). The number of benzene rings is 1. The van der Waals surface area contributed by atoms with Crippen molar-refractivity contribution in [3.8, 4) is 5.75 Å². The van der Waals surface area contributed by atoms with Gasteiger partial charge in [-0.1, -0.05) is 11.6 Å². The lowest BCUT2D eigenvalue weighted by atomic mass is 9.93. The fourth-order valence-corrected chi connectivity index (χ4v) is 3.58. The summed E-state index contributed by atoms with van der Waals surface area (Å²) in [4.78, 5) is 2.30. The number of halogens is 4. The van der Waals surface area contributed by atoms with E-state index in [4.69, 9.17) is 11.6 Å². The number of hydrogen-bond acceptors (Lipinski definition) is 3. The van der Waals surface area contributed by atoms with Crippen molar-refractivity contribution in [1.29, 1.82) is 0 Å². The quantitative estimate of drug-likeness (QED) is 0.896. The van der Waals surface area contributed by atoms with Crippen molar-refractivity contribution in [1.82, 2.24) is 10.2 Å². The van der Waals surface area contributed by atoms with Gasteiger partial charge in [0.25, 0.3) is 0 Å². The van der Waals surface area contributed by atoms with Crippen LogP contribution in [0.25, 0.3) is 0 Å². The van der Waals surface area contributed by atoms with Crippen LogP contribution in [-0.4, -0.2) is 37.2 Å². The van der Waals surface area contributed by atoms with Gasteiger partial charge < -0.3 is 10.1 Å². The van der Waals surface area contributed by atoms with Crippen molar-refractivity contribution < 1.29 is 13.5 Å². The first-order chi connectivity index (χ1) is 10.1. The Morgan fingerprint density at radius 2 is 2.18 bits per heavy atom. The summed E-state index contributed by atoms with van der Waals surface area (Å²) in [6, 6.07) is 5.44. The van der Waals surface area contributed by atoms with Crippen LogP contribution in [0.15, 0.2) is 18.2 Å². The molecule has 2 atom stereocenters. The van der Waals surface area contributed by atoms with Crippen molar-refractivity contribution in [2.75, 3.05) is 19.6 Å². The van der Waals surface area contributed by atoms with Gasteiger partial charge in [0.05, 0.1) is 0 Å². The second kappa shape index (κ2) is 7.77. The van der Waals surface area contributed by atoms with Gasteiger partial charge in [-0.25, -0.2) is 0 Å². The van der Waals surface area contributed by atoms with E-state index in [1.165, 1.54) is 12.5 Å². The number of fused-ring (bicyclic) bond motifs is 1. The highest BCUT2D eigenvalue weighted by Crippen LogP contribution is 2.29. The summed E-state index contributed by atoms with van der Waals surface area (Å²) in [5.41, 5.74) is 0.729. The Hall–Kier alpha value is -0.620. The lowest BCUT2D eigenvalue weighted by Crippen LogP contribution is -2.43. The average Bonchev–Trinajstić information content (AvgIpc) is 2.89. The van der Waals surface area contributed by atoms with E-state index in [1.807, 2.05) is 0 Å². The Balaban J connectivity index is 0.00000176. The molecule has 2 unspecified atom stereocenters. The molecule has 0 aromatic heterocycles. The van der Waals surface area contributed by atoms with Crippen molar-refractivity contribution in [3.05, 3.63) is 28.8 Å². The monoisotopic (exact) mass is 352 g/mol. The zero-order valence-corrected chi connectivity index (χ0v) is 13.7. The number of alkyl halides is 2. The molecule has 1 N–H and O–H groups in total. The van der Waals surface area contributed by atoms with Gasteiger partial charge in [0.1, 0.15) is 5.75 Å². The van der Waals surface area contributed by atoms with E-state index >= 15 is 0 Å². The highest BCUT2D eigenvalue weighted by Gasteiger charge is 2.32. The maximum Gasteiger partial charge on any atom is 0.387 e. The van der Waals surface area contributed by atoms with Crippen LogP contribution < -0.4 is 10.1 Å². The van der Waals surface area contributed by atoms with Crippen LogP contribution in [0.3, 0.4) is 0 Å². The van der Waals surface area contributed by atoms with Crippen molar-refractivity contribution >= 4 is 24.0 Å². The molecule has 0 bridgehead atoms. The van der Waals surface area contributed by atoms with Crippen LogP contribution in [0.5, 0.6) is 5.75 Å². The number of piperidine rings is 1. The lowest BCUT2D eigenvalue weighted by molar-refractivity contribution is -0.0508. The molecule has 2 aliphatic rings. The molecule has 7 heteroatoms. The van der Waals surface area contributed by atoms with E-state index in [0.29, 0.717) is 23.5 Å². The van der Waals surface area contributed by atoms with Crippen LogP contribution in [0.4, 0.5) is 8.78 Å². The molecule has 2 heterocycles. The zero-order valence-electron chi connectivity index (χ0n) is 12.1. The number of likely N-dealkylation sites (tertiary alicyclic amines) is 1. The maximum absolute atomic E-state index is 12.5. The Labute approximate surface area is 140 Å². The molecule has 22 heavy (non-hydrogen) atoms. The number of hydrogen-bond donors (Lipinski definition) is 1. The second-order valence-electron chi connectivity index (χ2n) is 5.76. The molecule has 3 nitrogen and oxygen atoms in total. The molecule has 0 aliphatic carbocycles. The first kappa shape index (κ1) is 17.7. The SMILES string of the molecule is Cl.FC(F)Oc1ccc(Cl)cc1CN1CCC2NCCC2C1. The van der Waals surface area contributed by atoms with Gasteiger partial charge in [0.2, 0.25) is 0 Å². The van der Waals surface area contributed by atoms with Crippen molar-refractivity contribution in [2.24, 2.45) is 5.92 Å². The number of nitrogens with zero attached hydrogens (tertiary/aromatic N) is 1. The molecule has 0 amide bonds. The lowest BCUT2D eigenvalue weighted by Gasteiger charge is -2.35. The highest BCUT2D eigenvalue weighted by atomic mass is 35.5. The Kier molecular flexibility index (Phi) is 6.26. The number of rotatable bonds is 4. The van der Waals surface area contributed by atoms with E-state index in [-0.39, 0.29) is 18.2 Å². The van der Waals surface area contributed by atoms with Crippen LogP contribution in [0.2, 0.25) is 5.02 Å². The van der Waals surface area contributed by atoms with Gasteiger partial charge in [0, 0.05) is 29.7 Å². The highest BCUT2D eigenvalue weighted by molar-refractivity contribution is 6.30. The van der Waals surface area contributed by atoms with Crippen molar-refractivity contribution in [2.45, 2.75) is 32.0 Å². The third-order valence-electron chi connectivity index (χ3n) is 4.37. The summed E-state index contributed by atoms with van der Waals surface area (Å²) >= 11 is 5.99. The van der Waals surface area contributed by atoms with Gasteiger partial charge in [-0.2, -0.15) is 8.78 Å². The molecule has 2 fully saturated rings. The van der Waals surface area contributed by atoms with Gasteiger partial charge in [-0.15, -0.1) is 12.4 Å².